The summed E-state index contributed by atoms with van der Waals surface area (Å²) in [5.74, 6) is 2.04. The van der Waals surface area contributed by atoms with E-state index in [9.17, 15) is 0 Å². The molecule has 0 aliphatic carbocycles. The Bertz CT molecular complexity index is 472. The van der Waals surface area contributed by atoms with Crippen molar-refractivity contribution in [3.05, 3.63) is 23.8 Å². The number of nitrogens with zero attached hydrogens (tertiary/aromatic N) is 1. The topological polar surface area (TPSA) is 47.7 Å². The van der Waals surface area contributed by atoms with Crippen LogP contribution in [0.1, 0.15) is 37.8 Å². The highest BCUT2D eigenvalue weighted by Gasteiger charge is 2.31. The molecule has 1 saturated heterocycles. The lowest BCUT2D eigenvalue weighted by atomic mass is 9.90. The van der Waals surface area contributed by atoms with Gasteiger partial charge < -0.3 is 20.1 Å². The maximum absolute atomic E-state index is 6.51. The molecule has 1 fully saturated rings. The van der Waals surface area contributed by atoms with Gasteiger partial charge in [-0.1, -0.05) is 18.6 Å². The molecule has 2 atom stereocenters. The van der Waals surface area contributed by atoms with Gasteiger partial charge in [0.05, 0.1) is 13.2 Å². The molecule has 4 heteroatoms. The standard InChI is InChI=1S/C17H26N2O2/c1-2-20-15-8-6-7-14-16(18)13(12-21-17(14)15)11-19-9-4-3-5-10-19/h6-8,13,16H,2-5,9-12,18H2,1H3. The SMILES string of the molecule is CCOc1cccc2c1OCC(CN1CCCCC1)C2N. The van der Waals surface area contributed by atoms with Crippen LogP contribution in [0.25, 0.3) is 0 Å². The minimum absolute atomic E-state index is 0.0380. The molecule has 21 heavy (non-hydrogen) atoms. The van der Waals surface area contributed by atoms with Gasteiger partial charge in [-0.15, -0.1) is 0 Å². The first-order valence-corrected chi connectivity index (χ1v) is 8.16. The molecule has 0 radical (unpaired) electrons. The van der Waals surface area contributed by atoms with Crippen molar-refractivity contribution in [1.29, 1.82) is 0 Å². The van der Waals surface area contributed by atoms with Crippen molar-refractivity contribution in [2.24, 2.45) is 11.7 Å². The second-order valence-corrected chi connectivity index (χ2v) is 6.07. The Kier molecular flexibility index (Phi) is 4.66. The lowest BCUT2D eigenvalue weighted by Gasteiger charge is -2.36. The van der Waals surface area contributed by atoms with Crippen molar-refractivity contribution in [3.8, 4) is 11.5 Å². The largest absolute Gasteiger partial charge is 0.490 e. The highest BCUT2D eigenvalue weighted by atomic mass is 16.5. The molecule has 2 heterocycles. The molecule has 2 aliphatic heterocycles. The van der Waals surface area contributed by atoms with Crippen LogP contribution in [0.5, 0.6) is 11.5 Å². The van der Waals surface area contributed by atoms with Crippen molar-refractivity contribution in [2.75, 3.05) is 32.8 Å². The van der Waals surface area contributed by atoms with E-state index >= 15 is 0 Å². The molecule has 4 nitrogen and oxygen atoms in total. The van der Waals surface area contributed by atoms with Gasteiger partial charge in [-0.3, -0.25) is 0 Å². The highest BCUT2D eigenvalue weighted by Crippen LogP contribution is 2.40. The van der Waals surface area contributed by atoms with Gasteiger partial charge >= 0.3 is 0 Å². The third-order valence-corrected chi connectivity index (χ3v) is 4.56. The Labute approximate surface area is 127 Å². The van der Waals surface area contributed by atoms with Crippen LogP contribution in [0.2, 0.25) is 0 Å². The van der Waals surface area contributed by atoms with E-state index in [0.29, 0.717) is 19.1 Å². The molecule has 0 saturated carbocycles. The first kappa shape index (κ1) is 14.7. The number of piperidine rings is 1. The van der Waals surface area contributed by atoms with Crippen molar-refractivity contribution in [1.82, 2.24) is 4.90 Å². The molecule has 2 aliphatic rings. The Morgan fingerprint density at radius 3 is 2.86 bits per heavy atom. The number of nitrogens with two attached hydrogens (primary N) is 1. The monoisotopic (exact) mass is 290 g/mol. The molecule has 1 aromatic carbocycles. The maximum atomic E-state index is 6.51. The van der Waals surface area contributed by atoms with Gasteiger partial charge in [0.25, 0.3) is 0 Å². The molecule has 2 unspecified atom stereocenters. The summed E-state index contributed by atoms with van der Waals surface area (Å²) in [5, 5.41) is 0. The number of fused-ring (bicyclic) bond motifs is 1. The van der Waals surface area contributed by atoms with Crippen molar-refractivity contribution >= 4 is 0 Å². The predicted octanol–water partition coefficient (Wildman–Crippen LogP) is 2.58. The quantitative estimate of drug-likeness (QED) is 0.926. The number of likely N-dealkylation sites (tertiary alicyclic amines) is 1. The van der Waals surface area contributed by atoms with Crippen LogP contribution in [0.4, 0.5) is 0 Å². The van der Waals surface area contributed by atoms with Crippen LogP contribution < -0.4 is 15.2 Å². The normalized spacial score (nSPS) is 26.0. The third kappa shape index (κ3) is 3.16. The Hall–Kier alpha value is -1.26. The van der Waals surface area contributed by atoms with Crippen LogP contribution >= 0.6 is 0 Å². The summed E-state index contributed by atoms with van der Waals surface area (Å²) in [6, 6.07) is 6.08. The fraction of sp³-hybridized carbons (Fsp3) is 0.647. The molecule has 116 valence electrons. The first-order chi connectivity index (χ1) is 10.3. The lowest BCUT2D eigenvalue weighted by Crippen LogP contribution is -2.42. The zero-order valence-corrected chi connectivity index (χ0v) is 12.9. The zero-order chi connectivity index (χ0) is 14.7. The van der Waals surface area contributed by atoms with Gasteiger partial charge in [0, 0.05) is 24.1 Å². The lowest BCUT2D eigenvalue weighted by molar-refractivity contribution is 0.122. The summed E-state index contributed by atoms with van der Waals surface area (Å²) in [6.45, 7) is 6.77. The molecule has 0 amide bonds. The van der Waals surface area contributed by atoms with Gasteiger partial charge in [-0.2, -0.15) is 0 Å². The number of benzene rings is 1. The average molecular weight is 290 g/mol. The molecular formula is C17H26N2O2. The summed E-state index contributed by atoms with van der Waals surface area (Å²) in [7, 11) is 0. The van der Waals surface area contributed by atoms with Crippen LogP contribution in [0.15, 0.2) is 18.2 Å². The number of ether oxygens (including phenoxy) is 2. The molecule has 0 aromatic heterocycles. The van der Waals surface area contributed by atoms with E-state index in [1.54, 1.807) is 0 Å². The second kappa shape index (κ2) is 6.67. The van der Waals surface area contributed by atoms with E-state index in [1.165, 1.54) is 32.4 Å². The number of hydrogen-bond acceptors (Lipinski definition) is 4. The van der Waals surface area contributed by atoms with E-state index in [2.05, 4.69) is 11.0 Å². The van der Waals surface area contributed by atoms with Gasteiger partial charge in [-0.05, 0) is 38.9 Å². The van der Waals surface area contributed by atoms with Crippen molar-refractivity contribution < 1.29 is 9.47 Å². The smallest absolute Gasteiger partial charge is 0.165 e. The fourth-order valence-electron chi connectivity index (χ4n) is 3.41. The average Bonchev–Trinajstić information content (AvgIpc) is 2.52. The minimum Gasteiger partial charge on any atom is -0.490 e. The van der Waals surface area contributed by atoms with Crippen molar-refractivity contribution in [2.45, 2.75) is 32.2 Å². The summed E-state index contributed by atoms with van der Waals surface area (Å²) in [4.78, 5) is 2.54. The van der Waals surface area contributed by atoms with Crippen LogP contribution in [0.3, 0.4) is 0 Å². The molecule has 0 spiro atoms. The number of rotatable bonds is 4. The zero-order valence-electron chi connectivity index (χ0n) is 12.9. The van der Waals surface area contributed by atoms with E-state index in [-0.39, 0.29) is 6.04 Å². The molecule has 0 bridgehead atoms. The molecular weight excluding hydrogens is 264 g/mol. The summed E-state index contributed by atoms with van der Waals surface area (Å²) in [6.07, 6.45) is 3.99. The Balaban J connectivity index is 1.72. The Morgan fingerprint density at radius 1 is 1.29 bits per heavy atom. The summed E-state index contributed by atoms with van der Waals surface area (Å²) < 4.78 is 11.6. The van der Waals surface area contributed by atoms with Gasteiger partial charge in [0.1, 0.15) is 0 Å². The van der Waals surface area contributed by atoms with E-state index < -0.39 is 0 Å². The number of para-hydroxylation sites is 1. The molecule has 2 N–H and O–H groups in total. The number of hydrogen-bond donors (Lipinski definition) is 1. The van der Waals surface area contributed by atoms with Gasteiger partial charge in [0.15, 0.2) is 11.5 Å². The second-order valence-electron chi connectivity index (χ2n) is 6.07. The van der Waals surface area contributed by atoms with Crippen LogP contribution in [-0.2, 0) is 0 Å². The fourth-order valence-corrected chi connectivity index (χ4v) is 3.41. The van der Waals surface area contributed by atoms with E-state index in [1.807, 2.05) is 19.1 Å². The third-order valence-electron chi connectivity index (χ3n) is 4.56. The van der Waals surface area contributed by atoms with E-state index in [0.717, 1.165) is 23.6 Å². The van der Waals surface area contributed by atoms with Gasteiger partial charge in [-0.25, -0.2) is 0 Å². The van der Waals surface area contributed by atoms with Crippen LogP contribution in [-0.4, -0.2) is 37.7 Å². The van der Waals surface area contributed by atoms with E-state index in [4.69, 9.17) is 15.2 Å². The maximum Gasteiger partial charge on any atom is 0.165 e. The highest BCUT2D eigenvalue weighted by molar-refractivity contribution is 5.49. The predicted molar refractivity (Wildman–Crippen MR) is 83.8 cm³/mol. The summed E-state index contributed by atoms with van der Waals surface area (Å²) >= 11 is 0. The van der Waals surface area contributed by atoms with Gasteiger partial charge in [0.2, 0.25) is 0 Å². The molecule has 1 aromatic rings. The summed E-state index contributed by atoms with van der Waals surface area (Å²) in [5.41, 5.74) is 7.60. The Morgan fingerprint density at radius 2 is 2.10 bits per heavy atom. The first-order valence-electron chi connectivity index (χ1n) is 8.16. The minimum atomic E-state index is 0.0380. The van der Waals surface area contributed by atoms with Crippen LogP contribution in [0, 0.1) is 5.92 Å². The molecule has 3 rings (SSSR count). The van der Waals surface area contributed by atoms with Crippen molar-refractivity contribution in [3.63, 3.8) is 0 Å².